The number of halogens is 4. The first kappa shape index (κ1) is 78.1. The summed E-state index contributed by atoms with van der Waals surface area (Å²) in [4.78, 5) is 57.0. The van der Waals surface area contributed by atoms with E-state index in [2.05, 4.69) is 36.2 Å². The summed E-state index contributed by atoms with van der Waals surface area (Å²) in [6, 6.07) is 12.2. The lowest BCUT2D eigenvalue weighted by Gasteiger charge is -2.41. The maximum atomic E-state index is 14.0. The second-order valence-corrected chi connectivity index (χ2v) is 23.2. The fourth-order valence-corrected chi connectivity index (χ4v) is 10.4. The molecule has 99 heavy (non-hydrogen) atoms. The number of alkyl halides is 3. The van der Waals surface area contributed by atoms with Gasteiger partial charge in [-0.15, -0.1) is 5.10 Å². The second kappa shape index (κ2) is 40.1. The summed E-state index contributed by atoms with van der Waals surface area (Å²) in [5, 5.41) is 68.6. The van der Waals surface area contributed by atoms with Gasteiger partial charge in [-0.25, -0.2) is 19.0 Å². The number of phenolic OH excluding ortho intramolecular Hbond substituents is 1. The summed E-state index contributed by atoms with van der Waals surface area (Å²) >= 11 is 0. The highest BCUT2D eigenvalue weighted by molar-refractivity contribution is 5.90. The number of benzene rings is 2. The van der Waals surface area contributed by atoms with E-state index in [4.69, 9.17) is 71.1 Å². The Morgan fingerprint density at radius 1 is 0.657 bits per heavy atom. The number of nitrogens with zero attached hydrogens (tertiary/aromatic N) is 5. The Hall–Kier alpha value is -6.66. The molecule has 4 aliphatic heterocycles. The van der Waals surface area contributed by atoms with Crippen molar-refractivity contribution in [1.82, 2.24) is 35.9 Å². The van der Waals surface area contributed by atoms with Crippen LogP contribution in [0.3, 0.4) is 0 Å². The molecule has 32 nitrogen and oxygen atoms in total. The number of fused-ring (bicyclic) bond motifs is 5. The average molecular weight is 1420 g/mol. The van der Waals surface area contributed by atoms with E-state index < -0.39 is 83.8 Å². The lowest BCUT2D eigenvalue weighted by Crippen LogP contribution is -2.61. The molecule has 8 rings (SSSR count). The molecule has 4 aliphatic rings. The van der Waals surface area contributed by atoms with Crippen LogP contribution < -0.4 is 20.7 Å². The molecule has 0 spiro atoms. The van der Waals surface area contributed by atoms with Crippen LogP contribution in [0.4, 0.5) is 17.6 Å². The van der Waals surface area contributed by atoms with Crippen LogP contribution in [0.1, 0.15) is 32.1 Å². The van der Waals surface area contributed by atoms with Gasteiger partial charge in [0, 0.05) is 56.4 Å². The highest BCUT2D eigenvalue weighted by atomic mass is 19.4. The van der Waals surface area contributed by atoms with E-state index >= 15 is 0 Å². The Morgan fingerprint density at radius 2 is 1.24 bits per heavy atom. The van der Waals surface area contributed by atoms with Gasteiger partial charge in [-0.1, -0.05) is 11.3 Å². The fourth-order valence-electron chi connectivity index (χ4n) is 10.4. The number of carbonyl (C=O) groups is 4. The largest absolute Gasteiger partial charge is 0.505 e. The number of aromatic nitrogens is 4. The number of aliphatic hydroxyl groups is 4. The van der Waals surface area contributed by atoms with Crippen LogP contribution in [-0.2, 0) is 85.5 Å². The zero-order chi connectivity index (χ0) is 70.5. The van der Waals surface area contributed by atoms with Gasteiger partial charge in [0.25, 0.3) is 0 Å². The lowest BCUT2D eigenvalue weighted by atomic mass is 9.85. The molecule has 550 valence electrons. The van der Waals surface area contributed by atoms with Gasteiger partial charge in [0.2, 0.25) is 17.7 Å². The highest BCUT2D eigenvalue weighted by Crippen LogP contribution is 2.40. The molecule has 1 unspecified atom stereocenters. The van der Waals surface area contributed by atoms with Crippen molar-refractivity contribution in [2.24, 2.45) is 10.9 Å². The summed E-state index contributed by atoms with van der Waals surface area (Å²) < 4.78 is 137. The van der Waals surface area contributed by atoms with Crippen LogP contribution in [0.5, 0.6) is 11.5 Å². The Labute approximate surface area is 566 Å². The van der Waals surface area contributed by atoms with Crippen LogP contribution >= 0.6 is 0 Å². The zero-order valence-electron chi connectivity index (χ0n) is 54.3. The van der Waals surface area contributed by atoms with Gasteiger partial charge in [-0.3, -0.25) is 19.2 Å². The first-order valence-electron chi connectivity index (χ1n) is 32.3. The lowest BCUT2D eigenvalue weighted by molar-refractivity contribution is -0.238. The van der Waals surface area contributed by atoms with Crippen molar-refractivity contribution in [2.45, 2.75) is 92.5 Å². The first-order valence-corrected chi connectivity index (χ1v) is 32.3. The summed E-state index contributed by atoms with van der Waals surface area (Å²) in [5.74, 6) is -5.28. The summed E-state index contributed by atoms with van der Waals surface area (Å²) in [7, 11) is 0. The van der Waals surface area contributed by atoms with Gasteiger partial charge < -0.3 is 113 Å². The number of hydrogen-bond acceptors (Lipinski definition) is 27. The number of carbonyl (C=O) groups excluding carboxylic acids is 4. The molecule has 4 bridgehead atoms. The number of phenols is 1. The predicted molar refractivity (Wildman–Crippen MR) is 333 cm³/mol. The van der Waals surface area contributed by atoms with Gasteiger partial charge >= 0.3 is 12.1 Å². The second-order valence-electron chi connectivity index (χ2n) is 23.2. The Morgan fingerprint density at radius 3 is 1.85 bits per heavy atom. The van der Waals surface area contributed by atoms with Crippen molar-refractivity contribution in [3.8, 4) is 28.6 Å². The minimum absolute atomic E-state index is 0.00122. The molecular weight excluding hydrogens is 1330 g/mol. The Balaban J connectivity index is 0.652. The van der Waals surface area contributed by atoms with E-state index in [9.17, 15) is 62.3 Å². The maximum absolute atomic E-state index is 14.0. The highest BCUT2D eigenvalue weighted by Gasteiger charge is 2.59. The van der Waals surface area contributed by atoms with Gasteiger partial charge in [-0.2, -0.15) is 13.2 Å². The molecule has 0 radical (unpaired) electrons. The minimum atomic E-state index is -5.20. The average Bonchev–Trinajstić information content (AvgIpc) is 1.63. The van der Waals surface area contributed by atoms with Gasteiger partial charge in [0.1, 0.15) is 34.9 Å². The molecule has 8 N–H and O–H groups in total. The molecule has 0 saturated carbocycles. The topological polar surface area (TPSA) is 400 Å². The van der Waals surface area contributed by atoms with E-state index in [1.165, 1.54) is 16.8 Å². The third-order valence-electron chi connectivity index (χ3n) is 15.7. The fraction of sp³-hybridized carbons (Fsp3) is 0.651. The molecule has 4 fully saturated rings. The summed E-state index contributed by atoms with van der Waals surface area (Å²) in [6.07, 6.45) is -9.43. The minimum Gasteiger partial charge on any atom is -0.505 e. The van der Waals surface area contributed by atoms with Crippen LogP contribution in [0.15, 0.2) is 59.7 Å². The van der Waals surface area contributed by atoms with Crippen LogP contribution in [-0.4, -0.2) is 301 Å². The molecule has 2 aromatic carbocycles. The van der Waals surface area contributed by atoms with Crippen molar-refractivity contribution in [1.29, 1.82) is 0 Å². The molecular formula is C63H86F4N8O24. The van der Waals surface area contributed by atoms with Crippen molar-refractivity contribution in [2.75, 3.05) is 165 Å². The molecule has 36 heteroatoms. The number of nitrogens with one attached hydrogen (secondary N) is 3. The smallest absolute Gasteiger partial charge is 0.473 e. The van der Waals surface area contributed by atoms with Gasteiger partial charge in [-0.05, 0) is 42.8 Å². The predicted octanol–water partition coefficient (Wildman–Crippen LogP) is 0.00980. The Bertz CT molecular complexity index is 3180. The van der Waals surface area contributed by atoms with Crippen molar-refractivity contribution in [3.05, 3.63) is 60.5 Å². The number of hydrogen-bond donors (Lipinski definition) is 8. The molecule has 4 aromatic rings. The van der Waals surface area contributed by atoms with E-state index in [0.717, 1.165) is 11.5 Å². The van der Waals surface area contributed by atoms with Crippen molar-refractivity contribution >= 4 is 40.7 Å². The third kappa shape index (κ3) is 24.8. The molecule has 2 aromatic heterocycles. The third-order valence-corrected chi connectivity index (χ3v) is 15.7. The molecule has 4 amide bonds. The van der Waals surface area contributed by atoms with Gasteiger partial charge in [0.15, 0.2) is 24.1 Å². The van der Waals surface area contributed by atoms with E-state index in [1.807, 2.05) is 12.1 Å². The van der Waals surface area contributed by atoms with Crippen LogP contribution in [0.2, 0.25) is 0 Å². The normalized spacial score (nSPS) is 23.1. The Kier molecular flexibility index (Phi) is 31.6. The number of amides is 4. The molecule has 6 heterocycles. The standard InChI is InChI=1S/C63H86F4N8O24/c64-46-31-43(4-8-50(46)76)75-34-49(73-74-75)48-6-3-41-30-44(5-7-47(41)72-48)95-13-1-2-54(80)71-42(35-91-14-9-52(78)68-11-16-85-18-20-87-22-24-89-26-28-93-37-61-39-96-55(98-61)32-51(77)57(61)82)36-92-15-10-53(79)69-12-17-86-19-21-88-23-25-90-27-29-94-38-62-40-97-59(99-62)45(56(81)58(62)83)33-70-60(84)63(65,66)67/h3-8,30-31,33-34,42,45,51,55-59,76-77,81-83H,1-2,9-29,32,35-40H2,(H,68,78)(H,69,79)(H,71,80)/t42-,45?,51+,55+,56+,57+,58+,59-,61-,62-/m0/s1. The molecule has 0 aliphatic carbocycles. The summed E-state index contributed by atoms with van der Waals surface area (Å²) in [5.41, 5.74) is -0.572. The monoisotopic (exact) mass is 1410 g/mol. The maximum Gasteiger partial charge on any atom is 0.473 e. The quantitative estimate of drug-likeness (QED) is 0.0164. The van der Waals surface area contributed by atoms with E-state index in [-0.39, 0.29) is 182 Å². The van der Waals surface area contributed by atoms with Crippen LogP contribution in [0, 0.1) is 11.7 Å². The van der Waals surface area contributed by atoms with Crippen LogP contribution in [0.25, 0.3) is 28.0 Å². The van der Waals surface area contributed by atoms with Crippen molar-refractivity contribution < 1.29 is 133 Å². The zero-order valence-corrected chi connectivity index (χ0v) is 54.3. The van der Waals surface area contributed by atoms with E-state index in [0.29, 0.717) is 67.4 Å². The van der Waals surface area contributed by atoms with Gasteiger partial charge in [0.05, 0.1) is 199 Å². The molecule has 10 atom stereocenters. The number of aromatic hydroxyl groups is 1. The van der Waals surface area contributed by atoms with E-state index in [1.54, 1.807) is 24.4 Å². The summed E-state index contributed by atoms with van der Waals surface area (Å²) in [6.45, 7) is 3.83. The number of aliphatic hydroxyl groups excluding tert-OH is 4. The van der Waals surface area contributed by atoms with Crippen molar-refractivity contribution in [3.63, 3.8) is 0 Å². The number of aliphatic imine (C=N–C) groups is 1. The number of ether oxygens (including phenoxy) is 15. The number of rotatable bonds is 47. The number of pyridine rings is 1. The first-order chi connectivity index (χ1) is 47.8. The SMILES string of the molecule is O=C(CCOC[C@@H](COCCC(=O)NCCOCCOCCOCCOC[C@@]12CO[C@@H](O1)C(C=NC(=O)C(F)(F)F)[C@@H](O)[C@H]2O)NC(=O)CCCOc1ccc2nc(-c3cn(-c4ccc(O)c(F)c4)nn3)ccc2c1)NCCOCCOCCOCCOC[C@]12CO[C@@H](C[C@@H](O)[C@H]1O)O2. The molecule has 4 saturated heterocycles.